The van der Waals surface area contributed by atoms with E-state index in [4.69, 9.17) is 4.74 Å². The number of nitrogens with one attached hydrogen (secondary N) is 1. The third-order valence-corrected chi connectivity index (χ3v) is 3.32. The molecule has 1 fully saturated rings. The number of likely N-dealkylation sites (tertiary alicyclic amines) is 1. The van der Waals surface area contributed by atoms with Crippen molar-refractivity contribution in [3.8, 4) is 0 Å². The van der Waals surface area contributed by atoms with Gasteiger partial charge in [0.05, 0.1) is 0 Å². The number of benzene rings is 1. The number of likely N-dealkylation sites (N-methyl/N-ethyl adjacent to an activating group) is 1. The molecule has 0 unspecified atom stereocenters. The third kappa shape index (κ3) is 2.93. The highest BCUT2D eigenvalue weighted by atomic mass is 16.5. The van der Waals surface area contributed by atoms with Gasteiger partial charge in [0.25, 0.3) is 5.91 Å². The summed E-state index contributed by atoms with van der Waals surface area (Å²) in [6, 6.07) is 8.81. The summed E-state index contributed by atoms with van der Waals surface area (Å²) < 4.78 is 5.23. The number of hydrogen-bond donors (Lipinski definition) is 1. The van der Waals surface area contributed by atoms with E-state index in [1.807, 2.05) is 30.3 Å². The van der Waals surface area contributed by atoms with Gasteiger partial charge in [0.1, 0.15) is 6.04 Å². The lowest BCUT2D eigenvalue weighted by atomic mass is 10.1. The zero-order chi connectivity index (χ0) is 13.8. The molecule has 0 aromatic heterocycles. The lowest BCUT2D eigenvalue weighted by Gasteiger charge is -2.18. The zero-order valence-electron chi connectivity index (χ0n) is 11.1. The smallest absolute Gasteiger partial charge is 0.254 e. The molecule has 0 radical (unpaired) electrons. The number of amides is 2. The van der Waals surface area contributed by atoms with E-state index in [0.717, 1.165) is 5.56 Å². The number of hydrogen-bond acceptors (Lipinski definition) is 3. The number of rotatable bonds is 4. The summed E-state index contributed by atoms with van der Waals surface area (Å²) in [5.74, 6) is -0.321. The van der Waals surface area contributed by atoms with Gasteiger partial charge in [0, 0.05) is 20.7 Å². The number of nitrogens with zero attached hydrogens (tertiary/aromatic N) is 1. The number of carbonyl (C=O) groups is 2. The lowest BCUT2D eigenvalue weighted by Crippen LogP contribution is -2.43. The Morgan fingerprint density at radius 1 is 1.42 bits per heavy atom. The van der Waals surface area contributed by atoms with E-state index in [1.165, 1.54) is 7.11 Å². The highest BCUT2D eigenvalue weighted by Gasteiger charge is 2.32. The monoisotopic (exact) mass is 262 g/mol. The molecule has 102 valence electrons. The summed E-state index contributed by atoms with van der Waals surface area (Å²) in [4.78, 5) is 25.6. The first-order valence-corrected chi connectivity index (χ1v) is 6.26. The predicted molar refractivity (Wildman–Crippen MR) is 70.4 cm³/mol. The van der Waals surface area contributed by atoms with Crippen molar-refractivity contribution in [3.63, 3.8) is 0 Å². The van der Waals surface area contributed by atoms with Crippen LogP contribution in [-0.2, 0) is 14.3 Å². The standard InChI is InChI=1S/C14H18N2O3/c1-16-9-8-11(14(16)18)15-13(17)12(19-2)10-6-4-3-5-7-10/h3-7,11-12H,8-9H2,1-2H3,(H,15,17)/t11-,12+/m1/s1. The van der Waals surface area contributed by atoms with Crippen LogP contribution in [-0.4, -0.2) is 43.5 Å². The van der Waals surface area contributed by atoms with Crippen molar-refractivity contribution in [2.24, 2.45) is 0 Å². The summed E-state index contributed by atoms with van der Waals surface area (Å²) in [7, 11) is 3.22. The van der Waals surface area contributed by atoms with E-state index >= 15 is 0 Å². The first kappa shape index (κ1) is 13.5. The van der Waals surface area contributed by atoms with Crippen molar-refractivity contribution in [3.05, 3.63) is 35.9 Å². The highest BCUT2D eigenvalue weighted by Crippen LogP contribution is 2.17. The molecule has 1 aromatic carbocycles. The zero-order valence-corrected chi connectivity index (χ0v) is 11.1. The number of ether oxygens (including phenoxy) is 1. The minimum absolute atomic E-state index is 0.0451. The van der Waals surface area contributed by atoms with E-state index in [0.29, 0.717) is 13.0 Å². The van der Waals surface area contributed by atoms with Crippen molar-refractivity contribution in [1.82, 2.24) is 10.2 Å². The molecule has 2 amide bonds. The van der Waals surface area contributed by atoms with E-state index in [1.54, 1.807) is 11.9 Å². The van der Waals surface area contributed by atoms with Crippen LogP contribution in [0.5, 0.6) is 0 Å². The molecule has 1 saturated heterocycles. The molecule has 5 nitrogen and oxygen atoms in total. The van der Waals surface area contributed by atoms with Crippen molar-refractivity contribution in [1.29, 1.82) is 0 Å². The van der Waals surface area contributed by atoms with E-state index in [2.05, 4.69) is 5.32 Å². The average Bonchev–Trinajstić information content (AvgIpc) is 2.73. The van der Waals surface area contributed by atoms with Crippen LogP contribution in [0.25, 0.3) is 0 Å². The minimum atomic E-state index is -0.681. The first-order valence-electron chi connectivity index (χ1n) is 6.26. The van der Waals surface area contributed by atoms with Crippen molar-refractivity contribution >= 4 is 11.8 Å². The number of methoxy groups -OCH3 is 1. The third-order valence-electron chi connectivity index (χ3n) is 3.32. The Morgan fingerprint density at radius 2 is 2.11 bits per heavy atom. The summed E-state index contributed by atoms with van der Waals surface area (Å²) >= 11 is 0. The van der Waals surface area contributed by atoms with Crippen LogP contribution >= 0.6 is 0 Å². The second kappa shape index (κ2) is 5.84. The second-order valence-corrected chi connectivity index (χ2v) is 4.64. The lowest BCUT2D eigenvalue weighted by molar-refractivity contribution is -0.136. The summed E-state index contributed by atoms with van der Waals surface area (Å²) in [5.41, 5.74) is 0.779. The molecule has 2 rings (SSSR count). The molecule has 0 bridgehead atoms. The number of carbonyl (C=O) groups excluding carboxylic acids is 2. The topological polar surface area (TPSA) is 58.6 Å². The molecule has 0 aliphatic carbocycles. The van der Waals surface area contributed by atoms with Crippen molar-refractivity contribution < 1.29 is 14.3 Å². The fourth-order valence-electron chi connectivity index (χ4n) is 2.23. The van der Waals surface area contributed by atoms with Crippen LogP contribution in [0.2, 0.25) is 0 Å². The van der Waals surface area contributed by atoms with Crippen LogP contribution in [0, 0.1) is 0 Å². The summed E-state index contributed by atoms with van der Waals surface area (Å²) in [6.07, 6.45) is -0.0355. The maximum Gasteiger partial charge on any atom is 0.254 e. The molecule has 5 heteroatoms. The van der Waals surface area contributed by atoms with Gasteiger partial charge in [-0.05, 0) is 12.0 Å². The normalized spacial score (nSPS) is 20.4. The molecule has 19 heavy (non-hydrogen) atoms. The average molecular weight is 262 g/mol. The Kier molecular flexibility index (Phi) is 4.16. The minimum Gasteiger partial charge on any atom is -0.367 e. The molecule has 1 aliphatic rings. The Hall–Kier alpha value is -1.88. The Bertz CT molecular complexity index is 461. The van der Waals surface area contributed by atoms with Crippen LogP contribution in [0.3, 0.4) is 0 Å². The highest BCUT2D eigenvalue weighted by molar-refractivity contribution is 5.90. The summed E-state index contributed by atoms with van der Waals surface area (Å²) in [6.45, 7) is 0.673. The van der Waals surface area contributed by atoms with Crippen molar-refractivity contribution in [2.45, 2.75) is 18.6 Å². The van der Waals surface area contributed by atoms with Crippen LogP contribution < -0.4 is 5.32 Å². The van der Waals surface area contributed by atoms with Gasteiger partial charge in [-0.1, -0.05) is 30.3 Å². The van der Waals surface area contributed by atoms with Gasteiger partial charge < -0.3 is 15.0 Å². The van der Waals surface area contributed by atoms with Crippen LogP contribution in [0.4, 0.5) is 0 Å². The van der Waals surface area contributed by atoms with Gasteiger partial charge in [-0.25, -0.2) is 0 Å². The Balaban J connectivity index is 2.04. The van der Waals surface area contributed by atoms with Crippen LogP contribution in [0.1, 0.15) is 18.1 Å². The maximum atomic E-state index is 12.2. The molecular weight excluding hydrogens is 244 g/mol. The largest absolute Gasteiger partial charge is 0.367 e. The Morgan fingerprint density at radius 3 is 2.63 bits per heavy atom. The van der Waals surface area contributed by atoms with Crippen molar-refractivity contribution in [2.75, 3.05) is 20.7 Å². The maximum absolute atomic E-state index is 12.2. The quantitative estimate of drug-likeness (QED) is 0.870. The van der Waals surface area contributed by atoms with E-state index in [-0.39, 0.29) is 11.8 Å². The molecule has 0 saturated carbocycles. The van der Waals surface area contributed by atoms with Gasteiger partial charge in [0.15, 0.2) is 6.10 Å². The van der Waals surface area contributed by atoms with Gasteiger partial charge in [-0.2, -0.15) is 0 Å². The van der Waals surface area contributed by atoms with Gasteiger partial charge >= 0.3 is 0 Å². The fraction of sp³-hybridized carbons (Fsp3) is 0.429. The van der Waals surface area contributed by atoms with Gasteiger partial charge in [0.2, 0.25) is 5.91 Å². The second-order valence-electron chi connectivity index (χ2n) is 4.64. The molecule has 0 spiro atoms. The van der Waals surface area contributed by atoms with E-state index < -0.39 is 12.1 Å². The van der Waals surface area contributed by atoms with Crippen LogP contribution in [0.15, 0.2) is 30.3 Å². The molecule has 2 atom stereocenters. The molecular formula is C14H18N2O3. The predicted octanol–water partition coefficient (Wildman–Crippen LogP) is 0.721. The Labute approximate surface area is 112 Å². The first-order chi connectivity index (χ1) is 9.13. The summed E-state index contributed by atoms with van der Waals surface area (Å²) in [5, 5.41) is 2.75. The van der Waals surface area contributed by atoms with E-state index in [9.17, 15) is 9.59 Å². The molecule has 1 heterocycles. The van der Waals surface area contributed by atoms with Gasteiger partial charge in [-0.3, -0.25) is 9.59 Å². The van der Waals surface area contributed by atoms with Gasteiger partial charge in [-0.15, -0.1) is 0 Å². The molecule has 1 aliphatic heterocycles. The molecule has 1 N–H and O–H groups in total. The SMILES string of the molecule is CO[C@H](C(=O)N[C@@H]1CCN(C)C1=O)c1ccccc1. The molecule has 1 aromatic rings. The fourth-order valence-corrected chi connectivity index (χ4v) is 2.23.